The molecule has 1 aliphatic heterocycles. The number of rotatable bonds is 8. The molecule has 3 rings (SSSR count). The van der Waals surface area contributed by atoms with Gasteiger partial charge in [0.25, 0.3) is 5.91 Å². The Kier molecular flexibility index (Phi) is 6.59. The molecule has 142 valence electrons. The molecular formula is C19H21N3O5. The van der Waals surface area contributed by atoms with E-state index in [9.17, 15) is 9.59 Å². The highest BCUT2D eigenvalue weighted by Crippen LogP contribution is 2.12. The zero-order valence-corrected chi connectivity index (χ0v) is 14.7. The molecule has 8 heteroatoms. The molecule has 2 amide bonds. The summed E-state index contributed by atoms with van der Waals surface area (Å²) in [5.41, 5.74) is 3.14. The van der Waals surface area contributed by atoms with Gasteiger partial charge in [0.05, 0.1) is 18.6 Å². The number of hydrogen-bond donors (Lipinski definition) is 2. The van der Waals surface area contributed by atoms with Crippen molar-refractivity contribution in [2.45, 2.75) is 18.9 Å². The first-order valence-corrected chi connectivity index (χ1v) is 8.69. The van der Waals surface area contributed by atoms with Gasteiger partial charge in [-0.2, -0.15) is 5.10 Å². The molecule has 0 radical (unpaired) electrons. The molecule has 0 aliphatic carbocycles. The Labute approximate surface area is 156 Å². The Hall–Kier alpha value is -3.13. The minimum atomic E-state index is -0.426. The van der Waals surface area contributed by atoms with Crippen LogP contribution in [0, 0.1) is 0 Å². The highest BCUT2D eigenvalue weighted by atomic mass is 16.5. The second-order valence-corrected chi connectivity index (χ2v) is 5.97. The highest BCUT2D eigenvalue weighted by molar-refractivity contribution is 5.92. The van der Waals surface area contributed by atoms with Crippen molar-refractivity contribution in [1.29, 1.82) is 0 Å². The molecule has 1 aliphatic rings. The average Bonchev–Trinajstić information content (AvgIpc) is 3.39. The molecule has 27 heavy (non-hydrogen) atoms. The van der Waals surface area contributed by atoms with E-state index in [1.807, 2.05) is 0 Å². The first-order valence-electron chi connectivity index (χ1n) is 8.69. The fraction of sp³-hybridized carbons (Fsp3) is 0.316. The number of hydrazone groups is 1. The van der Waals surface area contributed by atoms with Gasteiger partial charge in [-0.05, 0) is 54.8 Å². The van der Waals surface area contributed by atoms with Gasteiger partial charge in [-0.15, -0.1) is 0 Å². The topological polar surface area (TPSA) is 102 Å². The fourth-order valence-corrected chi connectivity index (χ4v) is 2.51. The van der Waals surface area contributed by atoms with Crippen LogP contribution in [0.25, 0.3) is 0 Å². The summed E-state index contributed by atoms with van der Waals surface area (Å²) in [6, 6.07) is 10.2. The van der Waals surface area contributed by atoms with E-state index in [1.54, 1.807) is 36.4 Å². The Morgan fingerprint density at radius 2 is 2.11 bits per heavy atom. The summed E-state index contributed by atoms with van der Waals surface area (Å²) in [6.07, 6.45) is 5.05. The maximum absolute atomic E-state index is 11.8. The summed E-state index contributed by atoms with van der Waals surface area (Å²) in [6.45, 7) is 1.22. The summed E-state index contributed by atoms with van der Waals surface area (Å²) >= 11 is 0. The molecule has 1 atom stereocenters. The van der Waals surface area contributed by atoms with Gasteiger partial charge >= 0.3 is 5.91 Å². The van der Waals surface area contributed by atoms with E-state index in [2.05, 4.69) is 15.8 Å². The normalized spacial score (nSPS) is 16.4. The molecule has 1 aromatic carbocycles. The second-order valence-electron chi connectivity index (χ2n) is 5.97. The first kappa shape index (κ1) is 18.7. The number of benzene rings is 1. The molecule has 0 bridgehead atoms. The van der Waals surface area contributed by atoms with Crippen molar-refractivity contribution in [2.75, 3.05) is 19.8 Å². The number of hydrogen-bond acceptors (Lipinski definition) is 6. The molecule has 2 N–H and O–H groups in total. The van der Waals surface area contributed by atoms with E-state index < -0.39 is 5.91 Å². The van der Waals surface area contributed by atoms with Gasteiger partial charge in [0, 0.05) is 13.2 Å². The summed E-state index contributed by atoms with van der Waals surface area (Å²) in [4.78, 5) is 23.4. The average molecular weight is 371 g/mol. The lowest BCUT2D eigenvalue weighted by atomic mass is 10.2. The van der Waals surface area contributed by atoms with Gasteiger partial charge in [-0.1, -0.05) is 0 Å². The van der Waals surface area contributed by atoms with Crippen molar-refractivity contribution in [1.82, 2.24) is 10.7 Å². The van der Waals surface area contributed by atoms with Crippen molar-refractivity contribution < 1.29 is 23.5 Å². The van der Waals surface area contributed by atoms with Gasteiger partial charge < -0.3 is 19.2 Å². The van der Waals surface area contributed by atoms with Gasteiger partial charge in [0.15, 0.2) is 12.4 Å². The predicted molar refractivity (Wildman–Crippen MR) is 97.7 cm³/mol. The molecule has 1 unspecified atom stereocenters. The summed E-state index contributed by atoms with van der Waals surface area (Å²) in [7, 11) is 0. The smallest absolute Gasteiger partial charge is 0.307 e. The molecule has 1 aromatic heterocycles. The van der Waals surface area contributed by atoms with Crippen molar-refractivity contribution in [3.05, 3.63) is 54.0 Å². The standard InChI is InChI=1S/C19H21N3O5/c23-18(20-12-16-3-1-9-25-16)13-27-15-7-5-14(6-8-15)11-21-22-19(24)17-4-2-10-26-17/h2,4-8,10-11,16H,1,3,9,12-13H2,(H,20,23)(H,22,24). The van der Waals surface area contributed by atoms with E-state index in [-0.39, 0.29) is 24.4 Å². The predicted octanol–water partition coefficient (Wildman–Crippen LogP) is 1.72. The van der Waals surface area contributed by atoms with Crippen LogP contribution in [0.3, 0.4) is 0 Å². The number of furan rings is 1. The second kappa shape index (κ2) is 9.54. The summed E-state index contributed by atoms with van der Waals surface area (Å²) in [5, 5.41) is 6.66. The van der Waals surface area contributed by atoms with Gasteiger partial charge in [0.1, 0.15) is 5.75 Å². The Balaban J connectivity index is 1.38. The van der Waals surface area contributed by atoms with Crippen LogP contribution >= 0.6 is 0 Å². The molecule has 1 saturated heterocycles. The van der Waals surface area contributed by atoms with Crippen LogP contribution in [0.2, 0.25) is 0 Å². The number of nitrogens with one attached hydrogen (secondary N) is 2. The van der Waals surface area contributed by atoms with Crippen LogP contribution in [0.1, 0.15) is 29.0 Å². The third-order valence-corrected chi connectivity index (χ3v) is 3.93. The number of carbonyl (C=O) groups excluding carboxylic acids is 2. The zero-order chi connectivity index (χ0) is 18.9. The van der Waals surface area contributed by atoms with Crippen molar-refractivity contribution in [2.24, 2.45) is 5.10 Å². The Morgan fingerprint density at radius 1 is 1.26 bits per heavy atom. The monoisotopic (exact) mass is 371 g/mol. The Bertz CT molecular complexity index is 765. The third-order valence-electron chi connectivity index (χ3n) is 3.93. The molecule has 0 spiro atoms. The van der Waals surface area contributed by atoms with E-state index in [1.165, 1.54) is 12.5 Å². The summed E-state index contributed by atoms with van der Waals surface area (Å²) < 4.78 is 15.9. The van der Waals surface area contributed by atoms with Gasteiger partial charge in [-0.25, -0.2) is 5.43 Å². The zero-order valence-electron chi connectivity index (χ0n) is 14.7. The quantitative estimate of drug-likeness (QED) is 0.543. The van der Waals surface area contributed by atoms with Crippen molar-refractivity contribution in [3.8, 4) is 5.75 Å². The van der Waals surface area contributed by atoms with Gasteiger partial charge in [0.2, 0.25) is 0 Å². The molecule has 8 nitrogen and oxygen atoms in total. The van der Waals surface area contributed by atoms with Crippen LogP contribution in [0.4, 0.5) is 0 Å². The van der Waals surface area contributed by atoms with Crippen molar-refractivity contribution >= 4 is 18.0 Å². The summed E-state index contributed by atoms with van der Waals surface area (Å²) in [5.74, 6) is 0.148. The number of nitrogens with zero attached hydrogens (tertiary/aromatic N) is 1. The lowest BCUT2D eigenvalue weighted by Crippen LogP contribution is -2.35. The van der Waals surface area contributed by atoms with Crippen LogP contribution in [-0.2, 0) is 9.53 Å². The van der Waals surface area contributed by atoms with E-state index >= 15 is 0 Å². The SMILES string of the molecule is O=C(COc1ccc(C=NNC(=O)c2ccco2)cc1)NCC1CCCO1. The van der Waals surface area contributed by atoms with E-state index in [0.717, 1.165) is 25.0 Å². The van der Waals surface area contributed by atoms with Crippen LogP contribution < -0.4 is 15.5 Å². The lowest BCUT2D eigenvalue weighted by Gasteiger charge is -2.11. The van der Waals surface area contributed by atoms with E-state index in [4.69, 9.17) is 13.9 Å². The minimum Gasteiger partial charge on any atom is -0.484 e. The minimum absolute atomic E-state index is 0.0562. The highest BCUT2D eigenvalue weighted by Gasteiger charge is 2.16. The molecule has 1 fully saturated rings. The molecule has 2 heterocycles. The van der Waals surface area contributed by atoms with E-state index in [0.29, 0.717) is 12.3 Å². The number of carbonyl (C=O) groups is 2. The molecule has 0 saturated carbocycles. The third kappa shape index (κ3) is 5.96. The van der Waals surface area contributed by atoms with Crippen LogP contribution in [0.5, 0.6) is 5.75 Å². The maximum Gasteiger partial charge on any atom is 0.307 e. The number of amides is 2. The number of ether oxygens (including phenoxy) is 2. The van der Waals surface area contributed by atoms with Crippen molar-refractivity contribution in [3.63, 3.8) is 0 Å². The first-order chi connectivity index (χ1) is 13.2. The van der Waals surface area contributed by atoms with Gasteiger partial charge in [-0.3, -0.25) is 9.59 Å². The molecular weight excluding hydrogens is 350 g/mol. The van der Waals surface area contributed by atoms with Crippen LogP contribution in [0.15, 0.2) is 52.2 Å². The van der Waals surface area contributed by atoms with Crippen LogP contribution in [-0.4, -0.2) is 43.9 Å². The lowest BCUT2D eigenvalue weighted by molar-refractivity contribution is -0.123. The Morgan fingerprint density at radius 3 is 2.81 bits per heavy atom. The largest absolute Gasteiger partial charge is 0.484 e. The molecule has 2 aromatic rings. The fourth-order valence-electron chi connectivity index (χ4n) is 2.51. The maximum atomic E-state index is 11.8.